The number of esters is 2. The molecule has 1 aliphatic heterocycles. The maximum Gasteiger partial charge on any atom is 0.338 e. The Morgan fingerprint density at radius 2 is 2.07 bits per heavy atom. The van der Waals surface area contributed by atoms with Crippen molar-refractivity contribution in [3.8, 4) is 5.75 Å². The van der Waals surface area contributed by atoms with Crippen LogP contribution in [0.5, 0.6) is 5.75 Å². The summed E-state index contributed by atoms with van der Waals surface area (Å²) in [6.07, 6.45) is 1.30. The molecule has 0 N–H and O–H groups in total. The van der Waals surface area contributed by atoms with Gasteiger partial charge in [0, 0.05) is 19.2 Å². The number of carbonyl (C=O) groups excluding carboxylic acids is 3. The number of hydrogen-bond acceptors (Lipinski definition) is 8. The monoisotopic (exact) mass is 394 g/mol. The van der Waals surface area contributed by atoms with E-state index in [1.54, 1.807) is 6.92 Å². The average molecular weight is 394 g/mol. The first-order valence-electron chi connectivity index (χ1n) is 8.81. The van der Waals surface area contributed by atoms with Gasteiger partial charge in [0.1, 0.15) is 0 Å². The standard InChI is InChI=1S/C18H22N2O8/c1-3-27-18(23)13-5-4-8-19(10-13)16(21)11-28-15-7-6-12(17(22)26-2)9-14(15)20(24)25/h6-7,9,13H,3-5,8,10-11H2,1-2H3. The van der Waals surface area contributed by atoms with Crippen LogP contribution in [0.25, 0.3) is 0 Å². The van der Waals surface area contributed by atoms with Gasteiger partial charge in [0.2, 0.25) is 0 Å². The third kappa shape index (κ3) is 5.18. The molecule has 1 aromatic carbocycles. The number of nitro benzene ring substituents is 1. The fraction of sp³-hybridized carbons (Fsp3) is 0.500. The van der Waals surface area contributed by atoms with Gasteiger partial charge in [-0.3, -0.25) is 19.7 Å². The van der Waals surface area contributed by atoms with Crippen LogP contribution in [0.2, 0.25) is 0 Å². The number of ether oxygens (including phenoxy) is 3. The van der Waals surface area contributed by atoms with Gasteiger partial charge in [-0.15, -0.1) is 0 Å². The maximum atomic E-state index is 12.4. The van der Waals surface area contributed by atoms with Gasteiger partial charge in [-0.2, -0.15) is 0 Å². The number of amides is 1. The smallest absolute Gasteiger partial charge is 0.338 e. The van der Waals surface area contributed by atoms with Crippen molar-refractivity contribution in [1.82, 2.24) is 4.90 Å². The molecule has 10 nitrogen and oxygen atoms in total. The number of likely N-dealkylation sites (tertiary alicyclic amines) is 1. The molecule has 28 heavy (non-hydrogen) atoms. The molecule has 1 amide bonds. The first-order valence-corrected chi connectivity index (χ1v) is 8.81. The predicted octanol–water partition coefficient (Wildman–Crippen LogP) is 1.56. The first-order chi connectivity index (χ1) is 13.4. The highest BCUT2D eigenvalue weighted by atomic mass is 16.6. The molecule has 0 aromatic heterocycles. The Labute approximate surface area is 161 Å². The lowest BCUT2D eigenvalue weighted by atomic mass is 9.98. The van der Waals surface area contributed by atoms with E-state index >= 15 is 0 Å². The Balaban J connectivity index is 2.03. The van der Waals surface area contributed by atoms with Crippen LogP contribution >= 0.6 is 0 Å². The summed E-state index contributed by atoms with van der Waals surface area (Å²) in [6.45, 7) is 2.27. The van der Waals surface area contributed by atoms with Crippen molar-refractivity contribution < 1.29 is 33.5 Å². The normalized spacial score (nSPS) is 16.2. The number of carbonyl (C=O) groups is 3. The fourth-order valence-electron chi connectivity index (χ4n) is 2.91. The lowest BCUT2D eigenvalue weighted by molar-refractivity contribution is -0.385. The Kier molecular flexibility index (Phi) is 7.30. The number of piperidine rings is 1. The molecule has 0 aliphatic carbocycles. The molecule has 0 radical (unpaired) electrons. The van der Waals surface area contributed by atoms with Crippen LogP contribution in [0.15, 0.2) is 18.2 Å². The zero-order valence-corrected chi connectivity index (χ0v) is 15.7. The van der Waals surface area contributed by atoms with Crippen LogP contribution in [0, 0.1) is 16.0 Å². The van der Waals surface area contributed by atoms with E-state index in [1.807, 2.05) is 0 Å². The predicted molar refractivity (Wildman–Crippen MR) is 95.9 cm³/mol. The number of rotatable bonds is 7. The van der Waals surface area contributed by atoms with Crippen LogP contribution in [0.3, 0.4) is 0 Å². The molecule has 0 saturated carbocycles. The highest BCUT2D eigenvalue weighted by Crippen LogP contribution is 2.28. The van der Waals surface area contributed by atoms with Crippen LogP contribution < -0.4 is 4.74 Å². The molecule has 1 fully saturated rings. The number of nitrogens with zero attached hydrogens (tertiary/aromatic N) is 2. The van der Waals surface area contributed by atoms with Crippen molar-refractivity contribution in [1.29, 1.82) is 0 Å². The zero-order valence-electron chi connectivity index (χ0n) is 15.7. The van der Waals surface area contributed by atoms with E-state index in [0.29, 0.717) is 19.4 Å². The average Bonchev–Trinajstić information content (AvgIpc) is 2.71. The summed E-state index contributed by atoms with van der Waals surface area (Å²) in [5, 5.41) is 11.2. The molecule has 1 heterocycles. The van der Waals surface area contributed by atoms with E-state index in [2.05, 4.69) is 4.74 Å². The molecule has 1 saturated heterocycles. The third-order valence-corrected chi connectivity index (χ3v) is 4.32. The van der Waals surface area contributed by atoms with E-state index in [1.165, 1.54) is 24.1 Å². The molecular weight excluding hydrogens is 372 g/mol. The molecule has 1 unspecified atom stereocenters. The zero-order chi connectivity index (χ0) is 20.7. The Morgan fingerprint density at radius 3 is 2.71 bits per heavy atom. The molecule has 1 aromatic rings. The van der Waals surface area contributed by atoms with Gasteiger partial charge < -0.3 is 19.1 Å². The van der Waals surface area contributed by atoms with Crippen molar-refractivity contribution in [2.45, 2.75) is 19.8 Å². The van der Waals surface area contributed by atoms with Crippen LogP contribution in [-0.4, -0.2) is 61.1 Å². The lowest BCUT2D eigenvalue weighted by Gasteiger charge is -2.31. The summed E-state index contributed by atoms with van der Waals surface area (Å²) in [7, 11) is 1.17. The van der Waals surface area contributed by atoms with E-state index < -0.39 is 23.2 Å². The maximum absolute atomic E-state index is 12.4. The van der Waals surface area contributed by atoms with Crippen molar-refractivity contribution in [2.75, 3.05) is 33.4 Å². The lowest BCUT2D eigenvalue weighted by Crippen LogP contribution is -2.44. The largest absolute Gasteiger partial charge is 0.477 e. The Hall–Kier alpha value is -3.17. The van der Waals surface area contributed by atoms with Gasteiger partial charge in [-0.1, -0.05) is 0 Å². The van der Waals surface area contributed by atoms with Gasteiger partial charge >= 0.3 is 17.6 Å². The topological polar surface area (TPSA) is 125 Å². The Bertz CT molecular complexity index is 764. The minimum Gasteiger partial charge on any atom is -0.477 e. The molecule has 1 atom stereocenters. The first kappa shape index (κ1) is 21.1. The van der Waals surface area contributed by atoms with E-state index in [-0.39, 0.29) is 42.3 Å². The van der Waals surface area contributed by atoms with Crippen molar-refractivity contribution in [3.63, 3.8) is 0 Å². The van der Waals surface area contributed by atoms with Gasteiger partial charge in [-0.05, 0) is 31.9 Å². The molecule has 10 heteroatoms. The van der Waals surface area contributed by atoms with Crippen LogP contribution in [0.1, 0.15) is 30.1 Å². The van der Waals surface area contributed by atoms with Gasteiger partial charge in [0.05, 0.1) is 30.1 Å². The summed E-state index contributed by atoms with van der Waals surface area (Å²) in [5.74, 6) is -1.96. The van der Waals surface area contributed by atoms with Crippen molar-refractivity contribution in [2.24, 2.45) is 5.92 Å². The highest BCUT2D eigenvalue weighted by Gasteiger charge is 2.30. The van der Waals surface area contributed by atoms with Gasteiger partial charge in [0.25, 0.3) is 5.91 Å². The van der Waals surface area contributed by atoms with Crippen LogP contribution in [0.4, 0.5) is 5.69 Å². The quantitative estimate of drug-likeness (QED) is 0.387. The minimum absolute atomic E-state index is 0.00110. The van der Waals surface area contributed by atoms with E-state index in [0.717, 1.165) is 6.07 Å². The second-order valence-corrected chi connectivity index (χ2v) is 6.15. The summed E-state index contributed by atoms with van der Waals surface area (Å²) < 4.78 is 14.9. The number of benzene rings is 1. The summed E-state index contributed by atoms with van der Waals surface area (Å²) in [6, 6.07) is 3.59. The summed E-state index contributed by atoms with van der Waals surface area (Å²) >= 11 is 0. The van der Waals surface area contributed by atoms with Gasteiger partial charge in [-0.25, -0.2) is 4.79 Å². The fourth-order valence-corrected chi connectivity index (χ4v) is 2.91. The molecule has 1 aliphatic rings. The molecule has 2 rings (SSSR count). The van der Waals surface area contributed by atoms with E-state index in [9.17, 15) is 24.5 Å². The summed E-state index contributed by atoms with van der Waals surface area (Å²) in [4.78, 5) is 47.8. The second kappa shape index (κ2) is 9.67. The number of hydrogen-bond donors (Lipinski definition) is 0. The second-order valence-electron chi connectivity index (χ2n) is 6.15. The molecule has 0 bridgehead atoms. The minimum atomic E-state index is -0.718. The number of methoxy groups -OCH3 is 1. The SMILES string of the molecule is CCOC(=O)C1CCCN(C(=O)COc2ccc(C(=O)OC)cc2[N+](=O)[O-])C1. The summed E-state index contributed by atoms with van der Waals surface area (Å²) in [5.41, 5.74) is -0.445. The van der Waals surface area contributed by atoms with Crippen molar-refractivity contribution in [3.05, 3.63) is 33.9 Å². The molecule has 0 spiro atoms. The van der Waals surface area contributed by atoms with Gasteiger partial charge in [0.15, 0.2) is 12.4 Å². The Morgan fingerprint density at radius 1 is 1.32 bits per heavy atom. The number of nitro groups is 1. The molecule has 152 valence electrons. The third-order valence-electron chi connectivity index (χ3n) is 4.32. The van der Waals surface area contributed by atoms with Crippen molar-refractivity contribution >= 4 is 23.5 Å². The highest BCUT2D eigenvalue weighted by molar-refractivity contribution is 5.90. The van der Waals surface area contributed by atoms with E-state index in [4.69, 9.17) is 9.47 Å². The van der Waals surface area contributed by atoms with Crippen LogP contribution in [-0.2, 0) is 19.1 Å². The molecular formula is C18H22N2O8.